The fourth-order valence-corrected chi connectivity index (χ4v) is 2.03. The van der Waals surface area contributed by atoms with E-state index in [2.05, 4.69) is 9.97 Å². The smallest absolute Gasteiger partial charge is 0.365 e. The lowest BCUT2D eigenvalue weighted by molar-refractivity contribution is 0.0696. The SMILES string of the molecule is Cc1cn(Cc2csc(C(=O)O)n2)c(=O)[nH]c1=O. The maximum atomic E-state index is 11.5. The van der Waals surface area contributed by atoms with E-state index in [0.717, 1.165) is 11.3 Å². The highest BCUT2D eigenvalue weighted by Gasteiger charge is 2.10. The van der Waals surface area contributed by atoms with Crippen LogP contribution < -0.4 is 11.2 Å². The van der Waals surface area contributed by atoms with Crippen LogP contribution in [0.4, 0.5) is 0 Å². The molecule has 0 bridgehead atoms. The standard InChI is InChI=1S/C10H9N3O4S/c1-5-2-13(10(17)12-7(5)14)3-6-4-18-8(11-6)9(15)16/h2,4H,3H2,1H3,(H,15,16)(H,12,14,17). The monoisotopic (exact) mass is 267 g/mol. The molecule has 0 fully saturated rings. The predicted octanol–water partition coefficient (Wildman–Crippen LogP) is 0.0480. The average Bonchev–Trinajstić information content (AvgIpc) is 2.74. The van der Waals surface area contributed by atoms with Gasteiger partial charge in [-0.2, -0.15) is 0 Å². The Kier molecular flexibility index (Phi) is 3.11. The highest BCUT2D eigenvalue weighted by Crippen LogP contribution is 2.10. The van der Waals surface area contributed by atoms with Gasteiger partial charge in [0, 0.05) is 17.1 Å². The molecule has 2 aromatic rings. The Bertz CT molecular complexity index is 712. The first kappa shape index (κ1) is 12.2. The molecule has 2 N–H and O–H groups in total. The van der Waals surface area contributed by atoms with Crippen molar-refractivity contribution in [1.29, 1.82) is 0 Å². The van der Waals surface area contributed by atoms with Crippen LogP contribution in [-0.4, -0.2) is 25.6 Å². The zero-order valence-corrected chi connectivity index (χ0v) is 10.2. The molecule has 7 nitrogen and oxygen atoms in total. The average molecular weight is 267 g/mol. The van der Waals surface area contributed by atoms with Gasteiger partial charge in [0.2, 0.25) is 5.01 Å². The number of nitrogens with zero attached hydrogens (tertiary/aromatic N) is 2. The van der Waals surface area contributed by atoms with Crippen molar-refractivity contribution in [2.75, 3.05) is 0 Å². The number of aromatic carboxylic acids is 1. The second-order valence-corrected chi connectivity index (χ2v) is 4.51. The van der Waals surface area contributed by atoms with Crippen LogP contribution in [0.1, 0.15) is 21.1 Å². The van der Waals surface area contributed by atoms with Crippen molar-refractivity contribution in [2.24, 2.45) is 0 Å². The fraction of sp³-hybridized carbons (Fsp3) is 0.200. The van der Waals surface area contributed by atoms with Gasteiger partial charge in [-0.15, -0.1) is 11.3 Å². The van der Waals surface area contributed by atoms with Gasteiger partial charge < -0.3 is 5.11 Å². The number of hydrogen-bond acceptors (Lipinski definition) is 5. The topological polar surface area (TPSA) is 105 Å². The molecule has 0 radical (unpaired) electrons. The van der Waals surface area contributed by atoms with Crippen molar-refractivity contribution in [2.45, 2.75) is 13.5 Å². The first-order valence-corrected chi connectivity index (χ1v) is 5.83. The Labute approximate surface area is 104 Å². The van der Waals surface area contributed by atoms with E-state index >= 15 is 0 Å². The van der Waals surface area contributed by atoms with Gasteiger partial charge in [0.15, 0.2) is 0 Å². The highest BCUT2D eigenvalue weighted by molar-refractivity contribution is 7.11. The summed E-state index contributed by atoms with van der Waals surface area (Å²) in [7, 11) is 0. The molecule has 0 spiro atoms. The molecule has 2 rings (SSSR count). The van der Waals surface area contributed by atoms with E-state index in [9.17, 15) is 14.4 Å². The van der Waals surface area contributed by atoms with Crippen molar-refractivity contribution in [3.63, 3.8) is 0 Å². The maximum Gasteiger partial charge on any atom is 0.365 e. The second kappa shape index (κ2) is 4.57. The first-order valence-electron chi connectivity index (χ1n) is 4.95. The molecule has 0 aliphatic heterocycles. The third-order valence-electron chi connectivity index (χ3n) is 2.26. The Balaban J connectivity index is 2.34. The summed E-state index contributed by atoms with van der Waals surface area (Å²) in [6.07, 6.45) is 1.42. The van der Waals surface area contributed by atoms with Crippen molar-refractivity contribution in [3.05, 3.63) is 48.7 Å². The summed E-state index contributed by atoms with van der Waals surface area (Å²) in [5, 5.41) is 10.3. The molecule has 0 aliphatic carbocycles. The second-order valence-electron chi connectivity index (χ2n) is 3.65. The molecule has 0 aliphatic rings. The lowest BCUT2D eigenvalue weighted by Gasteiger charge is -2.02. The van der Waals surface area contributed by atoms with Crippen LogP contribution in [0.3, 0.4) is 0 Å². The quantitative estimate of drug-likeness (QED) is 0.817. The van der Waals surface area contributed by atoms with Gasteiger partial charge in [-0.25, -0.2) is 14.6 Å². The van der Waals surface area contributed by atoms with Gasteiger partial charge in [-0.3, -0.25) is 14.3 Å². The highest BCUT2D eigenvalue weighted by atomic mass is 32.1. The van der Waals surface area contributed by atoms with Gasteiger partial charge in [0.05, 0.1) is 12.2 Å². The minimum atomic E-state index is -1.10. The van der Waals surface area contributed by atoms with Crippen LogP contribution in [0.2, 0.25) is 0 Å². The maximum absolute atomic E-state index is 11.5. The Morgan fingerprint density at radius 3 is 2.89 bits per heavy atom. The van der Waals surface area contributed by atoms with Gasteiger partial charge >= 0.3 is 11.7 Å². The number of H-pyrrole nitrogens is 1. The summed E-state index contributed by atoms with van der Waals surface area (Å²) in [4.78, 5) is 39.4. The number of hydrogen-bond donors (Lipinski definition) is 2. The van der Waals surface area contributed by atoms with Gasteiger partial charge in [0.1, 0.15) is 0 Å². The summed E-state index contributed by atoms with van der Waals surface area (Å²) in [6, 6.07) is 0. The van der Waals surface area contributed by atoms with Crippen molar-refractivity contribution < 1.29 is 9.90 Å². The number of carbonyl (C=O) groups is 1. The molecular formula is C10H9N3O4S. The number of rotatable bonds is 3. The molecule has 0 saturated heterocycles. The molecule has 8 heteroatoms. The first-order chi connectivity index (χ1) is 8.47. The van der Waals surface area contributed by atoms with Crippen LogP contribution in [0.5, 0.6) is 0 Å². The van der Waals surface area contributed by atoms with E-state index in [-0.39, 0.29) is 11.6 Å². The minimum Gasteiger partial charge on any atom is -0.476 e. The van der Waals surface area contributed by atoms with E-state index in [4.69, 9.17) is 5.11 Å². The summed E-state index contributed by atoms with van der Waals surface area (Å²) in [6.45, 7) is 1.71. The molecule has 94 valence electrons. The normalized spacial score (nSPS) is 10.5. The number of aromatic nitrogens is 3. The largest absolute Gasteiger partial charge is 0.476 e. The van der Waals surface area contributed by atoms with Crippen LogP contribution in [-0.2, 0) is 6.54 Å². The van der Waals surface area contributed by atoms with Crippen molar-refractivity contribution >= 4 is 17.3 Å². The number of aryl methyl sites for hydroxylation is 1. The van der Waals surface area contributed by atoms with Gasteiger partial charge in [-0.1, -0.05) is 0 Å². The summed E-state index contributed by atoms with van der Waals surface area (Å²) in [5.74, 6) is -1.10. The van der Waals surface area contributed by atoms with E-state index in [1.165, 1.54) is 10.8 Å². The lowest BCUT2D eigenvalue weighted by atomic mass is 10.4. The van der Waals surface area contributed by atoms with Crippen molar-refractivity contribution in [1.82, 2.24) is 14.5 Å². The van der Waals surface area contributed by atoms with Crippen LogP contribution in [0, 0.1) is 6.92 Å². The molecule has 2 heterocycles. The number of carboxylic acid groups (broad SMARTS) is 1. The Morgan fingerprint density at radius 2 is 2.28 bits per heavy atom. The van der Waals surface area contributed by atoms with Crippen LogP contribution in [0.25, 0.3) is 0 Å². The van der Waals surface area contributed by atoms with Crippen molar-refractivity contribution in [3.8, 4) is 0 Å². The Hall–Kier alpha value is -2.22. The van der Waals surface area contributed by atoms with Gasteiger partial charge in [0.25, 0.3) is 5.56 Å². The van der Waals surface area contributed by atoms with E-state index in [1.807, 2.05) is 0 Å². The van der Waals surface area contributed by atoms with E-state index in [0.29, 0.717) is 11.3 Å². The van der Waals surface area contributed by atoms with E-state index in [1.54, 1.807) is 12.3 Å². The van der Waals surface area contributed by atoms with Crippen LogP contribution >= 0.6 is 11.3 Å². The number of nitrogens with one attached hydrogen (secondary N) is 1. The third-order valence-corrected chi connectivity index (χ3v) is 3.14. The molecule has 0 aromatic carbocycles. The van der Waals surface area contributed by atoms with Gasteiger partial charge in [-0.05, 0) is 6.92 Å². The molecule has 0 unspecified atom stereocenters. The molecule has 0 amide bonds. The molecule has 2 aromatic heterocycles. The molecular weight excluding hydrogens is 258 g/mol. The zero-order chi connectivity index (χ0) is 13.3. The zero-order valence-electron chi connectivity index (χ0n) is 9.34. The number of carboxylic acids is 1. The summed E-state index contributed by atoms with van der Waals surface area (Å²) in [5.41, 5.74) is -0.106. The predicted molar refractivity (Wildman–Crippen MR) is 64.2 cm³/mol. The lowest BCUT2D eigenvalue weighted by Crippen LogP contribution is -2.31. The summed E-state index contributed by atoms with van der Waals surface area (Å²) < 4.78 is 1.28. The number of thiazole rings is 1. The third kappa shape index (κ3) is 2.38. The molecule has 0 atom stereocenters. The molecule has 18 heavy (non-hydrogen) atoms. The fourth-order valence-electron chi connectivity index (χ4n) is 1.39. The number of aromatic amines is 1. The minimum absolute atomic E-state index is 0.0285. The van der Waals surface area contributed by atoms with E-state index < -0.39 is 17.2 Å². The Morgan fingerprint density at radius 1 is 1.56 bits per heavy atom. The summed E-state index contributed by atoms with van der Waals surface area (Å²) >= 11 is 0.992. The molecule has 0 saturated carbocycles. The van der Waals surface area contributed by atoms with Crippen LogP contribution in [0.15, 0.2) is 21.2 Å².